The molecule has 1 heterocycles. The Morgan fingerprint density at radius 3 is 2.03 bits per heavy atom. The second kappa shape index (κ2) is 9.57. The van der Waals surface area contributed by atoms with Gasteiger partial charge in [0.1, 0.15) is 12.0 Å². The maximum absolute atomic E-state index is 11.1. The molecule has 0 radical (unpaired) electrons. The normalized spacial score (nSPS) is 10.3. The van der Waals surface area contributed by atoms with Gasteiger partial charge in [0.15, 0.2) is 0 Å². The highest BCUT2D eigenvalue weighted by molar-refractivity contribution is 5.77. The predicted octanol–water partition coefficient (Wildman–Crippen LogP) is 5.23. The number of aromatic nitrogens is 3. The third-order valence-corrected chi connectivity index (χ3v) is 4.63. The summed E-state index contributed by atoms with van der Waals surface area (Å²) in [6, 6.07) is 22.4. The van der Waals surface area contributed by atoms with E-state index >= 15 is 0 Å². The zero-order valence-electron chi connectivity index (χ0n) is 17.7. The van der Waals surface area contributed by atoms with Crippen LogP contribution in [0.3, 0.4) is 0 Å². The minimum absolute atomic E-state index is 0.324. The molecule has 0 unspecified atom stereocenters. The Bertz CT molecular complexity index is 1240. The van der Waals surface area contributed by atoms with Gasteiger partial charge in [-0.25, -0.2) is 0 Å². The smallest absolute Gasteiger partial charge is 0.233 e. The second-order valence-corrected chi connectivity index (χ2v) is 6.97. The Morgan fingerprint density at radius 1 is 0.750 bits per heavy atom. The van der Waals surface area contributed by atoms with Crippen LogP contribution >= 0.6 is 0 Å². The van der Waals surface area contributed by atoms with Crippen molar-refractivity contribution in [1.29, 1.82) is 0 Å². The van der Waals surface area contributed by atoms with E-state index in [-0.39, 0.29) is 0 Å². The molecule has 0 aliphatic carbocycles. The van der Waals surface area contributed by atoms with E-state index in [1.165, 1.54) is 0 Å². The topological polar surface area (TPSA) is 101 Å². The number of benzene rings is 3. The molecule has 0 atom stereocenters. The first kappa shape index (κ1) is 20.8. The van der Waals surface area contributed by atoms with Gasteiger partial charge < -0.3 is 20.7 Å². The summed E-state index contributed by atoms with van der Waals surface area (Å²) in [7, 11) is 1.61. The Kier molecular flexibility index (Phi) is 6.22. The fourth-order valence-corrected chi connectivity index (χ4v) is 3.03. The van der Waals surface area contributed by atoms with E-state index in [0.29, 0.717) is 34.8 Å². The number of carbonyl (C=O) groups is 1. The summed E-state index contributed by atoms with van der Waals surface area (Å²) >= 11 is 0. The van der Waals surface area contributed by atoms with Crippen LogP contribution in [0.25, 0.3) is 0 Å². The molecule has 3 N–H and O–H groups in total. The fraction of sp³-hybridized carbons (Fsp3) is 0.0833. The largest absolute Gasteiger partial charge is 0.497 e. The van der Waals surface area contributed by atoms with Gasteiger partial charge in [-0.1, -0.05) is 36.4 Å². The number of para-hydroxylation sites is 1. The lowest BCUT2D eigenvalue weighted by atomic mass is 10.2. The molecule has 160 valence electrons. The summed E-state index contributed by atoms with van der Waals surface area (Å²) < 4.78 is 5.29. The molecule has 8 heteroatoms. The lowest BCUT2D eigenvalue weighted by molar-refractivity contribution is 0.112. The van der Waals surface area contributed by atoms with Crippen molar-refractivity contribution in [2.45, 2.75) is 6.92 Å². The third kappa shape index (κ3) is 5.17. The Hall–Kier alpha value is -4.46. The molecule has 1 aromatic heterocycles. The third-order valence-electron chi connectivity index (χ3n) is 4.63. The number of rotatable bonds is 8. The van der Waals surface area contributed by atoms with Crippen molar-refractivity contribution in [1.82, 2.24) is 15.0 Å². The molecule has 0 saturated carbocycles. The van der Waals surface area contributed by atoms with Crippen LogP contribution in [0.15, 0.2) is 72.8 Å². The van der Waals surface area contributed by atoms with Gasteiger partial charge in [0.25, 0.3) is 0 Å². The summed E-state index contributed by atoms with van der Waals surface area (Å²) in [6.07, 6.45) is 0.791. The summed E-state index contributed by atoms with van der Waals surface area (Å²) in [4.78, 5) is 24.6. The Labute approximate surface area is 185 Å². The SMILES string of the molecule is COc1cccc(Nc2nc(Nc3cccc(C=O)c3)nc(Nc3ccccc3C)n2)c1. The molecule has 32 heavy (non-hydrogen) atoms. The van der Waals surface area contributed by atoms with E-state index in [1.54, 1.807) is 25.3 Å². The minimum Gasteiger partial charge on any atom is -0.497 e. The van der Waals surface area contributed by atoms with Crippen molar-refractivity contribution in [3.8, 4) is 5.75 Å². The Morgan fingerprint density at radius 2 is 1.38 bits per heavy atom. The highest BCUT2D eigenvalue weighted by atomic mass is 16.5. The Balaban J connectivity index is 1.68. The highest BCUT2D eigenvalue weighted by Gasteiger charge is 2.10. The van der Waals surface area contributed by atoms with E-state index in [4.69, 9.17) is 4.74 Å². The van der Waals surface area contributed by atoms with Gasteiger partial charge in [0.2, 0.25) is 17.8 Å². The van der Waals surface area contributed by atoms with Crippen LogP contribution in [0, 0.1) is 6.92 Å². The van der Waals surface area contributed by atoms with Gasteiger partial charge in [-0.15, -0.1) is 0 Å². The van der Waals surface area contributed by atoms with Crippen molar-refractivity contribution in [3.05, 3.63) is 83.9 Å². The molecule has 0 amide bonds. The highest BCUT2D eigenvalue weighted by Crippen LogP contribution is 2.24. The first-order valence-electron chi connectivity index (χ1n) is 9.95. The summed E-state index contributed by atoms with van der Waals surface area (Å²) in [5.41, 5.74) is 3.96. The van der Waals surface area contributed by atoms with Gasteiger partial charge in [-0.2, -0.15) is 15.0 Å². The van der Waals surface area contributed by atoms with Crippen LogP contribution in [0.1, 0.15) is 15.9 Å². The van der Waals surface area contributed by atoms with Crippen molar-refractivity contribution in [3.63, 3.8) is 0 Å². The van der Waals surface area contributed by atoms with Gasteiger partial charge in [0, 0.05) is 28.7 Å². The molecule has 0 aliphatic rings. The number of hydrogen-bond donors (Lipinski definition) is 3. The second-order valence-electron chi connectivity index (χ2n) is 6.97. The van der Waals surface area contributed by atoms with Crippen LogP contribution in [0.4, 0.5) is 34.9 Å². The van der Waals surface area contributed by atoms with Crippen molar-refractivity contribution < 1.29 is 9.53 Å². The molecule has 0 bridgehead atoms. The van der Waals surface area contributed by atoms with Gasteiger partial charge in [0.05, 0.1) is 7.11 Å². The van der Waals surface area contributed by atoms with Gasteiger partial charge >= 0.3 is 0 Å². The van der Waals surface area contributed by atoms with Crippen molar-refractivity contribution >= 4 is 41.2 Å². The number of aldehydes is 1. The standard InChI is InChI=1S/C24H22N6O2/c1-16-7-3-4-12-21(16)27-24-29-22(25-18-9-5-8-17(13-18)15-31)28-23(30-24)26-19-10-6-11-20(14-19)32-2/h3-15H,1-2H3,(H3,25,26,27,28,29,30). The van der Waals surface area contributed by atoms with E-state index in [1.807, 2.05) is 61.5 Å². The van der Waals surface area contributed by atoms with Crippen LogP contribution in [0.5, 0.6) is 5.75 Å². The number of ether oxygens (including phenoxy) is 1. The van der Waals surface area contributed by atoms with Crippen LogP contribution in [-0.4, -0.2) is 28.3 Å². The lowest BCUT2D eigenvalue weighted by Crippen LogP contribution is -2.08. The number of carbonyl (C=O) groups excluding carboxylic acids is 1. The van der Waals surface area contributed by atoms with Crippen LogP contribution in [-0.2, 0) is 0 Å². The molecule has 0 saturated heterocycles. The maximum atomic E-state index is 11.1. The van der Waals surface area contributed by atoms with Crippen LogP contribution < -0.4 is 20.7 Å². The molecule has 3 aromatic carbocycles. The number of nitrogens with one attached hydrogen (secondary N) is 3. The van der Waals surface area contributed by atoms with E-state index in [9.17, 15) is 4.79 Å². The zero-order chi connectivity index (χ0) is 22.3. The first-order chi connectivity index (χ1) is 15.6. The summed E-state index contributed by atoms with van der Waals surface area (Å²) in [5.74, 6) is 1.75. The number of hydrogen-bond acceptors (Lipinski definition) is 8. The van der Waals surface area contributed by atoms with E-state index in [2.05, 4.69) is 30.9 Å². The van der Waals surface area contributed by atoms with E-state index in [0.717, 1.165) is 23.2 Å². The van der Waals surface area contributed by atoms with Gasteiger partial charge in [-0.3, -0.25) is 4.79 Å². The maximum Gasteiger partial charge on any atom is 0.233 e. The van der Waals surface area contributed by atoms with Crippen molar-refractivity contribution in [2.75, 3.05) is 23.1 Å². The zero-order valence-corrected chi connectivity index (χ0v) is 17.7. The quantitative estimate of drug-likeness (QED) is 0.329. The fourth-order valence-electron chi connectivity index (χ4n) is 3.03. The van der Waals surface area contributed by atoms with E-state index < -0.39 is 0 Å². The monoisotopic (exact) mass is 426 g/mol. The van der Waals surface area contributed by atoms with Crippen molar-refractivity contribution in [2.24, 2.45) is 0 Å². The predicted molar refractivity (Wildman–Crippen MR) is 126 cm³/mol. The molecule has 0 aliphatic heterocycles. The average molecular weight is 426 g/mol. The molecule has 4 rings (SSSR count). The molecule has 0 fully saturated rings. The summed E-state index contributed by atoms with van der Waals surface area (Å²) in [6.45, 7) is 2.00. The molecule has 0 spiro atoms. The molecule has 4 aromatic rings. The minimum atomic E-state index is 0.324. The first-order valence-corrected chi connectivity index (χ1v) is 9.95. The number of methoxy groups -OCH3 is 1. The molecule has 8 nitrogen and oxygen atoms in total. The number of anilines is 6. The number of aryl methyl sites for hydroxylation is 1. The molecular formula is C24H22N6O2. The van der Waals surface area contributed by atoms with Crippen LogP contribution in [0.2, 0.25) is 0 Å². The molecular weight excluding hydrogens is 404 g/mol. The lowest BCUT2D eigenvalue weighted by Gasteiger charge is -2.13. The van der Waals surface area contributed by atoms with Gasteiger partial charge in [-0.05, 0) is 42.8 Å². The summed E-state index contributed by atoms with van der Waals surface area (Å²) in [5, 5.41) is 9.58. The average Bonchev–Trinajstić information content (AvgIpc) is 2.81. The number of nitrogens with zero attached hydrogens (tertiary/aromatic N) is 3.